The lowest BCUT2D eigenvalue weighted by Crippen LogP contribution is -2.45. The van der Waals surface area contributed by atoms with E-state index in [4.69, 9.17) is 4.74 Å². The summed E-state index contributed by atoms with van der Waals surface area (Å²) in [6, 6.07) is -0.541. The van der Waals surface area contributed by atoms with Crippen LogP contribution in [0.2, 0.25) is 0 Å². The van der Waals surface area contributed by atoms with Crippen molar-refractivity contribution in [2.24, 2.45) is 0 Å². The molecule has 6 heteroatoms. The molecule has 2 atom stereocenters. The summed E-state index contributed by atoms with van der Waals surface area (Å²) in [7, 11) is 0. The number of aliphatic hydroxyl groups is 2. The van der Waals surface area contributed by atoms with Crippen LogP contribution in [-0.2, 0) is 14.3 Å². The lowest BCUT2D eigenvalue weighted by atomic mass is 10.0. The molecule has 2 unspecified atom stereocenters. The topological polar surface area (TPSA) is 95.9 Å². The van der Waals surface area contributed by atoms with Gasteiger partial charge in [0.2, 0.25) is 5.91 Å². The maximum Gasteiger partial charge on any atom is 0.305 e. The van der Waals surface area contributed by atoms with Gasteiger partial charge in [0.1, 0.15) is 0 Å². The van der Waals surface area contributed by atoms with Gasteiger partial charge in [-0.25, -0.2) is 0 Å². The van der Waals surface area contributed by atoms with Gasteiger partial charge >= 0.3 is 5.97 Å². The fourth-order valence-corrected chi connectivity index (χ4v) is 10.7. The first-order valence-electron chi connectivity index (χ1n) is 34.2. The Morgan fingerprint density at radius 2 is 0.658 bits per heavy atom. The Balaban J connectivity index is 3.37. The first kappa shape index (κ1) is 74.1. The first-order chi connectivity index (χ1) is 37.5. The summed E-state index contributed by atoms with van der Waals surface area (Å²) >= 11 is 0. The number of amides is 1. The van der Waals surface area contributed by atoms with Gasteiger partial charge in [-0.3, -0.25) is 9.59 Å². The Hall–Kier alpha value is -1.92. The molecule has 0 bridgehead atoms. The van der Waals surface area contributed by atoms with Crippen molar-refractivity contribution in [3.05, 3.63) is 36.5 Å². The standard InChI is InChI=1S/C70H133NO5/c1-3-5-7-9-11-13-15-17-34-38-42-46-50-54-58-62-68(73)67(66-72)71-69(74)63-59-55-51-47-43-39-36-32-30-28-26-24-22-20-19-21-23-25-27-29-31-33-37-41-45-49-53-57-61-65-76-70(75)64-60-56-52-48-44-40-35-18-16-14-12-10-8-6-4-2/h12,14,18-19,21,35,67-68,72-73H,3-11,13,15-17,20,22-34,36-66H2,1-2H3,(H,71,74)/b14-12-,21-19-,35-18-. The van der Waals surface area contributed by atoms with E-state index in [9.17, 15) is 19.8 Å². The van der Waals surface area contributed by atoms with E-state index in [2.05, 4.69) is 55.6 Å². The molecule has 76 heavy (non-hydrogen) atoms. The highest BCUT2D eigenvalue weighted by atomic mass is 16.5. The molecule has 0 aromatic carbocycles. The van der Waals surface area contributed by atoms with Crippen molar-refractivity contribution in [1.29, 1.82) is 0 Å². The molecule has 0 aliphatic carbocycles. The summed E-state index contributed by atoms with van der Waals surface area (Å²) < 4.78 is 5.48. The summed E-state index contributed by atoms with van der Waals surface area (Å²) in [6.45, 7) is 4.94. The van der Waals surface area contributed by atoms with Crippen LogP contribution in [0, 0.1) is 0 Å². The van der Waals surface area contributed by atoms with Crippen molar-refractivity contribution < 1.29 is 24.5 Å². The minimum Gasteiger partial charge on any atom is -0.466 e. The van der Waals surface area contributed by atoms with Gasteiger partial charge in [-0.2, -0.15) is 0 Å². The highest BCUT2D eigenvalue weighted by Gasteiger charge is 2.20. The van der Waals surface area contributed by atoms with Crippen molar-refractivity contribution in [2.75, 3.05) is 13.2 Å². The number of carbonyl (C=O) groups excluding carboxylic acids is 2. The van der Waals surface area contributed by atoms with Gasteiger partial charge in [0.15, 0.2) is 0 Å². The third kappa shape index (κ3) is 61.3. The molecular weight excluding hydrogens is 935 g/mol. The molecule has 0 spiro atoms. The van der Waals surface area contributed by atoms with Crippen molar-refractivity contribution in [2.45, 2.75) is 386 Å². The normalized spacial score (nSPS) is 12.7. The maximum absolute atomic E-state index is 12.5. The molecule has 1 amide bonds. The molecule has 6 nitrogen and oxygen atoms in total. The number of aliphatic hydroxyl groups excluding tert-OH is 2. The van der Waals surface area contributed by atoms with Crippen LogP contribution >= 0.6 is 0 Å². The summed E-state index contributed by atoms with van der Waals surface area (Å²) in [5, 5.41) is 23.3. The third-order valence-corrected chi connectivity index (χ3v) is 15.9. The smallest absolute Gasteiger partial charge is 0.305 e. The van der Waals surface area contributed by atoms with Crippen molar-refractivity contribution >= 4 is 11.9 Å². The predicted molar refractivity (Wildman–Crippen MR) is 333 cm³/mol. The summed E-state index contributed by atoms with van der Waals surface area (Å²) in [5.74, 6) is -0.0293. The fraction of sp³-hybridized carbons (Fsp3) is 0.886. The van der Waals surface area contributed by atoms with Crippen LogP contribution in [0.15, 0.2) is 36.5 Å². The minimum atomic E-state index is -0.664. The average molecular weight is 1070 g/mol. The summed E-state index contributed by atoms with van der Waals surface area (Å²) in [6.07, 6.45) is 83.3. The Morgan fingerprint density at radius 1 is 0.368 bits per heavy atom. The van der Waals surface area contributed by atoms with E-state index in [-0.39, 0.29) is 18.5 Å². The zero-order valence-electron chi connectivity index (χ0n) is 51.3. The molecule has 0 aliphatic rings. The van der Waals surface area contributed by atoms with Gasteiger partial charge < -0.3 is 20.3 Å². The Bertz CT molecular complexity index is 1230. The van der Waals surface area contributed by atoms with Crippen molar-refractivity contribution in [3.63, 3.8) is 0 Å². The van der Waals surface area contributed by atoms with Crippen molar-refractivity contribution in [1.82, 2.24) is 5.32 Å². The van der Waals surface area contributed by atoms with Crippen LogP contribution in [0.1, 0.15) is 373 Å². The molecule has 0 rings (SSSR count). The number of hydrogen-bond donors (Lipinski definition) is 3. The lowest BCUT2D eigenvalue weighted by Gasteiger charge is -2.22. The molecule has 0 aromatic heterocycles. The molecule has 3 N–H and O–H groups in total. The number of rotatable bonds is 64. The van der Waals surface area contributed by atoms with E-state index < -0.39 is 12.1 Å². The predicted octanol–water partition coefficient (Wildman–Crippen LogP) is 21.9. The SMILES string of the molecule is CCCCC/C=C\C/C=C\CCCCCCCC(=O)OCCCCCCCCCCCCCC/C=C\CCCCCCCCCCCCCCCC(=O)NC(CO)C(O)CCCCCCCCCCCCCCCCC. The number of hydrogen-bond acceptors (Lipinski definition) is 5. The zero-order chi connectivity index (χ0) is 55.0. The number of unbranched alkanes of at least 4 members (excludes halogenated alkanes) is 47. The van der Waals surface area contributed by atoms with Crippen LogP contribution in [0.25, 0.3) is 0 Å². The van der Waals surface area contributed by atoms with E-state index >= 15 is 0 Å². The van der Waals surface area contributed by atoms with Crippen LogP contribution in [0.5, 0.6) is 0 Å². The van der Waals surface area contributed by atoms with Gasteiger partial charge in [-0.05, 0) is 83.5 Å². The van der Waals surface area contributed by atoms with Crippen LogP contribution in [-0.4, -0.2) is 47.4 Å². The second-order valence-electron chi connectivity index (χ2n) is 23.5. The fourth-order valence-electron chi connectivity index (χ4n) is 10.7. The highest BCUT2D eigenvalue weighted by molar-refractivity contribution is 5.76. The number of carbonyl (C=O) groups is 2. The molecule has 0 fully saturated rings. The number of allylic oxidation sites excluding steroid dienone is 6. The summed E-state index contributed by atoms with van der Waals surface area (Å²) in [5.41, 5.74) is 0. The molecule has 0 saturated heterocycles. The molecule has 0 heterocycles. The minimum absolute atomic E-state index is 0.00271. The zero-order valence-corrected chi connectivity index (χ0v) is 51.3. The van der Waals surface area contributed by atoms with Crippen LogP contribution in [0.4, 0.5) is 0 Å². The van der Waals surface area contributed by atoms with Gasteiger partial charge in [0.05, 0.1) is 25.4 Å². The molecule has 448 valence electrons. The van der Waals surface area contributed by atoms with Crippen LogP contribution in [0.3, 0.4) is 0 Å². The molecule has 0 radical (unpaired) electrons. The van der Waals surface area contributed by atoms with E-state index in [1.165, 1.54) is 289 Å². The third-order valence-electron chi connectivity index (χ3n) is 15.9. The Labute approximate surface area is 474 Å². The summed E-state index contributed by atoms with van der Waals surface area (Å²) in [4.78, 5) is 24.6. The van der Waals surface area contributed by atoms with Gasteiger partial charge in [0.25, 0.3) is 0 Å². The largest absolute Gasteiger partial charge is 0.466 e. The van der Waals surface area contributed by atoms with Gasteiger partial charge in [0, 0.05) is 12.8 Å². The second kappa shape index (κ2) is 65.6. The Morgan fingerprint density at radius 3 is 1.04 bits per heavy atom. The van der Waals surface area contributed by atoms with Crippen molar-refractivity contribution in [3.8, 4) is 0 Å². The van der Waals surface area contributed by atoms with Gasteiger partial charge in [-0.1, -0.05) is 314 Å². The monoisotopic (exact) mass is 1070 g/mol. The first-order valence-corrected chi connectivity index (χ1v) is 34.2. The highest BCUT2D eigenvalue weighted by Crippen LogP contribution is 2.18. The van der Waals surface area contributed by atoms with E-state index in [0.29, 0.717) is 25.9 Å². The molecular formula is C70H133NO5. The van der Waals surface area contributed by atoms with Crippen LogP contribution < -0.4 is 5.32 Å². The van der Waals surface area contributed by atoms with E-state index in [1.54, 1.807) is 0 Å². The van der Waals surface area contributed by atoms with Gasteiger partial charge in [-0.15, -0.1) is 0 Å². The van der Waals surface area contributed by atoms with E-state index in [0.717, 1.165) is 51.4 Å². The molecule has 0 aromatic rings. The maximum atomic E-state index is 12.5. The molecule has 0 aliphatic heterocycles. The number of nitrogens with one attached hydrogen (secondary N) is 1. The number of esters is 1. The second-order valence-corrected chi connectivity index (χ2v) is 23.5. The average Bonchev–Trinajstić information content (AvgIpc) is 3.42. The Kier molecular flexibility index (Phi) is 63.9. The number of ether oxygens (including phenoxy) is 1. The van der Waals surface area contributed by atoms with E-state index in [1.807, 2.05) is 0 Å². The lowest BCUT2D eigenvalue weighted by molar-refractivity contribution is -0.143. The quantitative estimate of drug-likeness (QED) is 0.0320. The molecule has 0 saturated carbocycles.